The van der Waals surface area contributed by atoms with Crippen LogP contribution in [0.15, 0.2) is 0 Å². The molecule has 0 bridgehead atoms. The number of amides is 3. The molecule has 686 valence electrons. The Hall–Kier alpha value is -3.43. The number of nitrogens with one attached hydrogen (secondary N) is 3. The number of rotatable bonds is 33. The first-order valence-corrected chi connectivity index (χ1v) is 37.8. The fourth-order valence-corrected chi connectivity index (χ4v) is 15.0. The maximum atomic E-state index is 13.6. The summed E-state index contributed by atoms with van der Waals surface area (Å²) >= 11 is 0. The number of hydrogen-bond acceptors (Lipinski definition) is 49. The molecule has 52 nitrogen and oxygen atoms in total. The summed E-state index contributed by atoms with van der Waals surface area (Å²) in [5.74, 6) is -2.97. The predicted octanol–water partition coefficient (Wildman–Crippen LogP) is -20.7. The fourth-order valence-electron chi connectivity index (χ4n) is 15.0. The first-order valence-electron chi connectivity index (χ1n) is 37.8. The summed E-state index contributed by atoms with van der Waals surface area (Å²) in [6.45, 7) is -5.32. The van der Waals surface area contributed by atoms with Gasteiger partial charge < -0.3 is 244 Å². The van der Waals surface area contributed by atoms with Crippen molar-refractivity contribution < 1.29 is 243 Å². The molecule has 0 spiro atoms. The zero-order chi connectivity index (χ0) is 87.2. The highest BCUT2D eigenvalue weighted by Gasteiger charge is 2.62. The van der Waals surface area contributed by atoms with Crippen molar-refractivity contribution in [3.8, 4) is 0 Å². The van der Waals surface area contributed by atoms with Crippen molar-refractivity contribution in [3.05, 3.63) is 0 Å². The van der Waals surface area contributed by atoms with Gasteiger partial charge >= 0.3 is 0 Å². The second-order valence-electron chi connectivity index (χ2n) is 30.0. The summed E-state index contributed by atoms with van der Waals surface area (Å²) < 4.78 is 107. The zero-order valence-electron chi connectivity index (χ0n) is 63.7. The molecule has 118 heavy (non-hydrogen) atoms. The van der Waals surface area contributed by atoms with Gasteiger partial charge in [0.25, 0.3) is 0 Å². The Morgan fingerprint density at radius 3 is 0.949 bits per heavy atom. The van der Waals surface area contributed by atoms with Crippen LogP contribution in [-0.2, 0) is 99.6 Å². The van der Waals surface area contributed by atoms with E-state index in [1.807, 2.05) is 0 Å². The Bertz CT molecular complexity index is 3090. The Morgan fingerprint density at radius 2 is 0.568 bits per heavy atom. The molecule has 0 aromatic rings. The first-order chi connectivity index (χ1) is 55.7. The van der Waals surface area contributed by atoms with E-state index < -0.39 is 378 Å². The number of carbonyl (C=O) groups excluding carboxylic acids is 3. The predicted molar refractivity (Wildman–Crippen MR) is 364 cm³/mol. The second-order valence-corrected chi connectivity index (χ2v) is 30.0. The average molecular weight is 1730 g/mol. The van der Waals surface area contributed by atoms with Gasteiger partial charge in [0.2, 0.25) is 17.7 Å². The lowest BCUT2D eigenvalue weighted by Gasteiger charge is -2.51. The summed E-state index contributed by atoms with van der Waals surface area (Å²) in [5.41, 5.74) is 0. The molecule has 9 aliphatic heterocycles. The van der Waals surface area contributed by atoms with Gasteiger partial charge in [0.05, 0.1) is 71.7 Å². The van der Waals surface area contributed by atoms with Gasteiger partial charge in [-0.2, -0.15) is 0 Å². The standard InChI is InChI=1S/C66H113N3O49/c1-15-32(83)41(92)44(95)61(102-15)115-54-31(69-19(5)80)58(109-27(13-77)51(54)112-64-47(98)55(38(89)25(11-75)107-64)116-59-29(67-17(3)78)52(36(87)23(9-73)104-59)113-63-46(97)43(94)35(86)22(8-72)106-63)101-14-28-40(91)57(49(100)66(110-28)111-50(21(82)7-71)34(85)20(81)6-70)117-60-30(68-18(4)79)53(37(88)24(10-74)105-60)114-65-48(99)56(39(90)26(12-76)108-65)118-62-45(96)42(93)33(84)16(2)103-62/h15-16,20-66,70-77,81-100H,6-14H2,1-5H3,(H,67,78)(H,68,79)(H,69,80)/t15-,16-,20-,21+,22+,23+,24+,25+,26+,27+,28+,29+,30+,31+,32+,33+,34+,35-,36+,37+,38-,39-,40-,41+,42+,43-,44-,45-,46+,47+,48+,49+,50+,51+,52+,53+,54+,55-,56-,57-,58+,59-,60-,61-,62-,63-,64-,65-,66-/m0/s1. The molecule has 9 heterocycles. The minimum Gasteiger partial charge on any atom is -0.394 e. The van der Waals surface area contributed by atoms with Gasteiger partial charge in [-0.3, -0.25) is 14.4 Å². The number of aliphatic hydroxyl groups excluding tert-OH is 28. The van der Waals surface area contributed by atoms with Crippen LogP contribution in [0.5, 0.6) is 0 Å². The highest BCUT2D eigenvalue weighted by atomic mass is 16.8. The van der Waals surface area contributed by atoms with Crippen LogP contribution in [0.1, 0.15) is 34.6 Å². The lowest BCUT2D eigenvalue weighted by Crippen LogP contribution is -2.71. The maximum Gasteiger partial charge on any atom is 0.217 e. The van der Waals surface area contributed by atoms with Crippen molar-refractivity contribution in [2.75, 3.05) is 59.5 Å². The van der Waals surface area contributed by atoms with Crippen molar-refractivity contribution >= 4 is 17.7 Å². The maximum absolute atomic E-state index is 13.6. The summed E-state index contributed by atoms with van der Waals surface area (Å²) in [6, 6.07) is -5.95. The molecular weight excluding hydrogens is 1620 g/mol. The molecule has 3 amide bonds. The largest absolute Gasteiger partial charge is 0.394 e. The Kier molecular flexibility index (Phi) is 36.0. The first kappa shape index (κ1) is 98.4. The molecule has 9 saturated heterocycles. The second kappa shape index (κ2) is 43.2. The van der Waals surface area contributed by atoms with Crippen LogP contribution >= 0.6 is 0 Å². The molecular formula is C66H113N3O49. The van der Waals surface area contributed by atoms with E-state index in [-0.39, 0.29) is 0 Å². The third kappa shape index (κ3) is 21.8. The van der Waals surface area contributed by atoms with Crippen LogP contribution in [0.4, 0.5) is 0 Å². The van der Waals surface area contributed by atoms with Crippen LogP contribution < -0.4 is 16.0 Å². The minimum atomic E-state index is -2.55. The molecule has 31 N–H and O–H groups in total. The molecule has 52 heteroatoms. The Labute approximate surface area is 669 Å². The normalized spacial score (nSPS) is 48.2. The van der Waals surface area contributed by atoms with Gasteiger partial charge in [0.1, 0.15) is 232 Å². The average Bonchev–Trinajstić information content (AvgIpc) is 0.764. The van der Waals surface area contributed by atoms with Gasteiger partial charge in [-0.15, -0.1) is 0 Å². The molecule has 0 aromatic heterocycles. The van der Waals surface area contributed by atoms with E-state index in [1.54, 1.807) is 0 Å². The van der Waals surface area contributed by atoms with Crippen molar-refractivity contribution in [2.45, 2.75) is 335 Å². The molecule has 0 radical (unpaired) electrons. The van der Waals surface area contributed by atoms with Crippen LogP contribution in [0.3, 0.4) is 0 Å². The van der Waals surface area contributed by atoms with Crippen molar-refractivity contribution in [2.24, 2.45) is 0 Å². The van der Waals surface area contributed by atoms with E-state index in [9.17, 15) is 157 Å². The molecule has 9 rings (SSSR count). The van der Waals surface area contributed by atoms with Gasteiger partial charge in [0.15, 0.2) is 56.6 Å². The lowest BCUT2D eigenvalue weighted by molar-refractivity contribution is -0.390. The molecule has 49 atom stereocenters. The topological polar surface area (TPSA) is 820 Å². The van der Waals surface area contributed by atoms with Crippen LogP contribution in [0.2, 0.25) is 0 Å². The quantitative estimate of drug-likeness (QED) is 0.0290. The Balaban J connectivity index is 1.05. The third-order valence-electron chi connectivity index (χ3n) is 21.6. The van der Waals surface area contributed by atoms with E-state index in [0.717, 1.165) is 20.8 Å². The van der Waals surface area contributed by atoms with Crippen LogP contribution in [-0.4, -0.2) is 521 Å². The lowest BCUT2D eigenvalue weighted by atomic mass is 9.93. The minimum absolute atomic E-state index is 0.904. The van der Waals surface area contributed by atoms with Gasteiger partial charge in [-0.1, -0.05) is 0 Å². The van der Waals surface area contributed by atoms with Crippen molar-refractivity contribution in [1.82, 2.24) is 16.0 Å². The number of hydrogen-bond donors (Lipinski definition) is 31. The van der Waals surface area contributed by atoms with Crippen molar-refractivity contribution in [1.29, 1.82) is 0 Å². The van der Waals surface area contributed by atoms with Crippen molar-refractivity contribution in [3.63, 3.8) is 0 Å². The zero-order valence-corrected chi connectivity index (χ0v) is 63.7. The molecule has 9 aliphatic rings. The van der Waals surface area contributed by atoms with Gasteiger partial charge in [-0.05, 0) is 13.8 Å². The van der Waals surface area contributed by atoms with E-state index in [4.69, 9.17) is 85.3 Å². The highest BCUT2D eigenvalue weighted by Crippen LogP contribution is 2.41. The van der Waals surface area contributed by atoms with E-state index in [1.165, 1.54) is 13.8 Å². The summed E-state index contributed by atoms with van der Waals surface area (Å²) in [6.07, 6.45) is -96.0. The molecule has 0 aliphatic carbocycles. The third-order valence-corrected chi connectivity index (χ3v) is 21.6. The number of ether oxygens (including phenoxy) is 18. The van der Waals surface area contributed by atoms with Crippen LogP contribution in [0, 0.1) is 0 Å². The summed E-state index contributed by atoms with van der Waals surface area (Å²) in [5, 5.41) is 317. The molecule has 0 aromatic carbocycles. The SMILES string of the molecule is CC(=O)N[C@H]1[C@H](OC[C@H]2O[C@@H](O[C@@H]([C@H](O)[C@@H](O)CO)[C@H](O)CO)[C@H](O)[C@@H](O[C@@H]3O[C@H](CO)[C@@H](O)[C@H](O[C@@H]4O[C@H](CO)[C@H](O)[C@H](O[C@@H]5O[C@@H](C)[C@@H](O)[C@@H](O)[C@@H]5O)[C@H]4O)[C@H]3NC(C)=O)[C@H]2O)O[C@H](CO)[C@@H](O[C@@H]2O[C@H](CO)[C@H](O)[C@H](O[C@@H]3O[C@H](CO)[C@@H](O)[C@H](O[C@@H]4O[C@H](CO)[C@H](O)[C@H](O)[C@H]4O)[C@H]3NC(C)=O)[C@H]2O)[C@@H]1O[C@@H]1O[C@@H](C)[C@@H](O)[C@@H](O)[C@@H]1O. The summed E-state index contributed by atoms with van der Waals surface area (Å²) in [7, 11) is 0. The van der Waals surface area contributed by atoms with Crippen LogP contribution in [0.25, 0.3) is 0 Å². The fraction of sp³-hybridized carbons (Fsp3) is 0.955. The van der Waals surface area contributed by atoms with E-state index in [0.29, 0.717) is 0 Å². The number of aliphatic hydroxyl groups is 28. The van der Waals surface area contributed by atoms with Gasteiger partial charge in [0, 0.05) is 20.8 Å². The van der Waals surface area contributed by atoms with E-state index in [2.05, 4.69) is 16.0 Å². The van der Waals surface area contributed by atoms with E-state index >= 15 is 0 Å². The molecule has 0 saturated carbocycles. The summed E-state index contributed by atoms with van der Waals surface area (Å²) in [4.78, 5) is 39.8. The molecule has 0 unspecified atom stereocenters. The molecule has 9 fully saturated rings. The smallest absolute Gasteiger partial charge is 0.217 e. The highest BCUT2D eigenvalue weighted by molar-refractivity contribution is 5.74. The van der Waals surface area contributed by atoms with Gasteiger partial charge in [-0.25, -0.2) is 0 Å². The monoisotopic (exact) mass is 1730 g/mol. The number of carbonyl (C=O) groups is 3. The Morgan fingerprint density at radius 1 is 0.288 bits per heavy atom.